The summed E-state index contributed by atoms with van der Waals surface area (Å²) in [5, 5.41) is 1.17. The molecule has 6 heteroatoms. The minimum Gasteiger partial charge on any atom is -0.336 e. The first-order valence-corrected chi connectivity index (χ1v) is 15.0. The van der Waals surface area contributed by atoms with Crippen molar-refractivity contribution in [1.82, 2.24) is 0 Å². The zero-order chi connectivity index (χ0) is 27.5. The maximum absolute atomic E-state index is 13.9. The second kappa shape index (κ2) is 12.2. The van der Waals surface area contributed by atoms with Gasteiger partial charge in [-0.1, -0.05) is 95.4 Å². The lowest BCUT2D eigenvalue weighted by molar-refractivity contribution is -0.120. The Balaban J connectivity index is 1.59. The summed E-state index contributed by atoms with van der Waals surface area (Å²) in [7, 11) is 0. The van der Waals surface area contributed by atoms with Gasteiger partial charge in [-0.25, -0.2) is 4.99 Å². The van der Waals surface area contributed by atoms with Crippen LogP contribution in [0, 0.1) is 5.92 Å². The van der Waals surface area contributed by atoms with Gasteiger partial charge in [0.25, 0.3) is 5.91 Å². The topological polar surface area (TPSA) is 32.7 Å². The van der Waals surface area contributed by atoms with E-state index >= 15 is 0 Å². The number of carbonyl (C=O) groups excluding carboxylic acids is 1. The SMILES string of the molecule is CCC1C(C(=O)N=CC(C)c2ccccc2)C2=C(/C(=C/c3ccc(Br)cc3)CCC2)N1c1ccc(Cl)cc1Cl. The predicted octanol–water partition coefficient (Wildman–Crippen LogP) is 9.89. The van der Waals surface area contributed by atoms with E-state index in [-0.39, 0.29) is 23.8 Å². The van der Waals surface area contributed by atoms with Crippen LogP contribution in [0.1, 0.15) is 56.6 Å². The van der Waals surface area contributed by atoms with E-state index in [9.17, 15) is 4.79 Å². The fourth-order valence-electron chi connectivity index (χ4n) is 5.79. The molecule has 1 amide bonds. The van der Waals surface area contributed by atoms with E-state index in [1.165, 1.54) is 5.57 Å². The third-order valence-corrected chi connectivity index (χ3v) is 8.72. The lowest BCUT2D eigenvalue weighted by atomic mass is 9.84. The Morgan fingerprint density at radius 3 is 2.51 bits per heavy atom. The van der Waals surface area contributed by atoms with Crippen LogP contribution in [0.2, 0.25) is 10.0 Å². The van der Waals surface area contributed by atoms with E-state index < -0.39 is 0 Å². The van der Waals surface area contributed by atoms with E-state index in [0.29, 0.717) is 10.0 Å². The molecule has 1 heterocycles. The maximum atomic E-state index is 13.9. The van der Waals surface area contributed by atoms with Gasteiger partial charge in [0.15, 0.2) is 0 Å². The quantitative estimate of drug-likeness (QED) is 0.257. The molecule has 3 aromatic rings. The second-order valence-corrected chi connectivity index (χ2v) is 11.9. The molecule has 0 N–H and O–H groups in total. The average molecular weight is 622 g/mol. The summed E-state index contributed by atoms with van der Waals surface area (Å²) in [6, 6.07) is 24.0. The maximum Gasteiger partial charge on any atom is 0.254 e. The molecule has 1 aliphatic heterocycles. The van der Waals surface area contributed by atoms with Gasteiger partial charge in [-0.05, 0) is 84.4 Å². The monoisotopic (exact) mass is 620 g/mol. The molecule has 5 rings (SSSR count). The molecule has 39 heavy (non-hydrogen) atoms. The number of hydrogen-bond donors (Lipinski definition) is 0. The zero-order valence-corrected chi connectivity index (χ0v) is 25.2. The van der Waals surface area contributed by atoms with Gasteiger partial charge in [-0.2, -0.15) is 0 Å². The largest absolute Gasteiger partial charge is 0.336 e. The van der Waals surface area contributed by atoms with Crippen LogP contribution in [0.4, 0.5) is 5.69 Å². The second-order valence-electron chi connectivity index (χ2n) is 10.2. The molecule has 3 unspecified atom stereocenters. The first kappa shape index (κ1) is 27.9. The van der Waals surface area contributed by atoms with Crippen molar-refractivity contribution in [3.63, 3.8) is 0 Å². The highest BCUT2D eigenvalue weighted by molar-refractivity contribution is 9.10. The number of carbonyl (C=O) groups is 1. The molecule has 0 aromatic heterocycles. The number of aliphatic imine (C=N–C) groups is 1. The Morgan fingerprint density at radius 1 is 1.08 bits per heavy atom. The summed E-state index contributed by atoms with van der Waals surface area (Å²) in [5.41, 5.74) is 6.64. The van der Waals surface area contributed by atoms with Crippen LogP contribution >= 0.6 is 39.1 Å². The van der Waals surface area contributed by atoms with Crippen molar-refractivity contribution in [2.45, 2.75) is 51.5 Å². The van der Waals surface area contributed by atoms with E-state index in [2.05, 4.69) is 82.1 Å². The van der Waals surface area contributed by atoms with E-state index in [0.717, 1.165) is 58.2 Å². The zero-order valence-electron chi connectivity index (χ0n) is 22.1. The first-order valence-electron chi connectivity index (χ1n) is 13.4. The molecule has 3 aromatic carbocycles. The van der Waals surface area contributed by atoms with Gasteiger partial charge in [0.1, 0.15) is 0 Å². The standard InChI is InChI=1S/C33H31BrCl2N2O/c1-3-29-31(33(39)37-20-21(2)23-8-5-4-6-9-23)27-11-7-10-24(18-22-12-14-25(34)15-13-22)32(27)38(29)30-17-16-26(35)19-28(30)36/h4-6,8-9,12-21,29,31H,3,7,10-11H2,1-2H3/b24-18+,37-20?. The van der Waals surface area contributed by atoms with Crippen molar-refractivity contribution in [3.8, 4) is 0 Å². The molecule has 0 spiro atoms. The molecule has 3 atom stereocenters. The average Bonchev–Trinajstić information content (AvgIpc) is 3.28. The summed E-state index contributed by atoms with van der Waals surface area (Å²) in [5.74, 6) is -0.370. The minimum absolute atomic E-state index is 0.0473. The molecular weight excluding hydrogens is 591 g/mol. The highest BCUT2D eigenvalue weighted by atomic mass is 79.9. The third-order valence-electron chi connectivity index (χ3n) is 7.65. The fraction of sp³-hybridized carbons (Fsp3) is 0.273. The lowest BCUT2D eigenvalue weighted by Gasteiger charge is -2.33. The van der Waals surface area contributed by atoms with E-state index in [1.807, 2.05) is 30.3 Å². The smallest absolute Gasteiger partial charge is 0.254 e. The van der Waals surface area contributed by atoms with Crippen LogP contribution in [-0.4, -0.2) is 18.2 Å². The van der Waals surface area contributed by atoms with Crippen LogP contribution in [0.25, 0.3) is 6.08 Å². The van der Waals surface area contributed by atoms with Crippen LogP contribution < -0.4 is 4.90 Å². The van der Waals surface area contributed by atoms with Gasteiger partial charge in [0.05, 0.1) is 16.6 Å². The van der Waals surface area contributed by atoms with E-state index in [1.54, 1.807) is 12.3 Å². The summed E-state index contributed by atoms with van der Waals surface area (Å²) in [6.07, 6.45) is 7.61. The molecule has 2 aliphatic rings. The predicted molar refractivity (Wildman–Crippen MR) is 168 cm³/mol. The van der Waals surface area contributed by atoms with Gasteiger partial charge in [-0.15, -0.1) is 0 Å². The number of hydrogen-bond acceptors (Lipinski definition) is 2. The number of halogens is 3. The molecule has 1 aliphatic carbocycles. The molecule has 3 nitrogen and oxygen atoms in total. The molecule has 0 saturated carbocycles. The Labute approximate surface area is 249 Å². The summed E-state index contributed by atoms with van der Waals surface area (Å²) in [4.78, 5) is 20.7. The summed E-state index contributed by atoms with van der Waals surface area (Å²) >= 11 is 16.6. The highest BCUT2D eigenvalue weighted by Crippen LogP contribution is 2.50. The molecular formula is C33H31BrCl2N2O. The van der Waals surface area contributed by atoms with Crippen molar-refractivity contribution in [1.29, 1.82) is 0 Å². The minimum atomic E-state index is -0.329. The van der Waals surface area contributed by atoms with Gasteiger partial charge in [0, 0.05) is 33.4 Å². The third kappa shape index (κ3) is 5.94. The summed E-state index contributed by atoms with van der Waals surface area (Å²) in [6.45, 7) is 4.21. The van der Waals surface area contributed by atoms with Crippen LogP contribution in [0.3, 0.4) is 0 Å². The highest BCUT2D eigenvalue weighted by Gasteiger charge is 2.46. The first-order chi connectivity index (χ1) is 18.9. The Hall–Kier alpha value is -2.66. The number of nitrogens with zero attached hydrogens (tertiary/aromatic N) is 2. The van der Waals surface area contributed by atoms with Crippen molar-refractivity contribution in [2.24, 2.45) is 10.9 Å². The van der Waals surface area contributed by atoms with Crippen LogP contribution in [-0.2, 0) is 4.79 Å². The molecule has 0 fully saturated rings. The molecule has 0 saturated heterocycles. The van der Waals surface area contributed by atoms with Crippen molar-refractivity contribution in [2.75, 3.05) is 4.90 Å². The molecule has 0 radical (unpaired) electrons. The Kier molecular flexibility index (Phi) is 8.76. The number of amides is 1. The number of allylic oxidation sites excluding steroid dienone is 1. The number of anilines is 1. The van der Waals surface area contributed by atoms with Crippen LogP contribution in [0.15, 0.2) is 99.1 Å². The summed E-state index contributed by atoms with van der Waals surface area (Å²) < 4.78 is 1.04. The number of rotatable bonds is 6. The van der Waals surface area contributed by atoms with Gasteiger partial charge >= 0.3 is 0 Å². The molecule has 0 bridgehead atoms. The number of benzene rings is 3. The van der Waals surface area contributed by atoms with Crippen molar-refractivity contribution in [3.05, 3.63) is 115 Å². The van der Waals surface area contributed by atoms with E-state index in [4.69, 9.17) is 23.2 Å². The van der Waals surface area contributed by atoms with Crippen LogP contribution in [0.5, 0.6) is 0 Å². The normalized spacial score (nSPS) is 21.1. The Bertz CT molecular complexity index is 1450. The molecule has 200 valence electrons. The van der Waals surface area contributed by atoms with Gasteiger partial charge in [-0.3, -0.25) is 4.79 Å². The lowest BCUT2D eigenvalue weighted by Crippen LogP contribution is -2.37. The van der Waals surface area contributed by atoms with Gasteiger partial charge in [0.2, 0.25) is 0 Å². The fourth-order valence-corrected chi connectivity index (χ4v) is 6.55. The van der Waals surface area contributed by atoms with Crippen molar-refractivity contribution < 1.29 is 4.79 Å². The Morgan fingerprint density at radius 2 is 1.82 bits per heavy atom. The van der Waals surface area contributed by atoms with Crippen molar-refractivity contribution >= 4 is 63.0 Å². The van der Waals surface area contributed by atoms with Gasteiger partial charge < -0.3 is 4.90 Å².